The first-order chi connectivity index (χ1) is 9.95. The average Bonchev–Trinajstić information content (AvgIpc) is 2.43. The van der Waals surface area contributed by atoms with Crippen LogP contribution in [0, 0.1) is 0 Å². The molecule has 1 rings (SSSR count). The number of urea groups is 1. The summed E-state index contributed by atoms with van der Waals surface area (Å²) < 4.78 is 0. The van der Waals surface area contributed by atoms with Crippen LogP contribution in [0.4, 0.5) is 4.79 Å². The third-order valence-electron chi connectivity index (χ3n) is 3.40. The maximum absolute atomic E-state index is 12.6. The van der Waals surface area contributed by atoms with Crippen LogP contribution in [0.5, 0.6) is 0 Å². The molecule has 0 aromatic carbocycles. The summed E-state index contributed by atoms with van der Waals surface area (Å²) in [6.07, 6.45) is 2.42. The first-order valence-corrected chi connectivity index (χ1v) is 7.22. The number of carbonyl (C=O) groups is 3. The van der Waals surface area contributed by atoms with Crippen molar-refractivity contribution in [3.05, 3.63) is 0 Å². The summed E-state index contributed by atoms with van der Waals surface area (Å²) in [6, 6.07) is -0.354. The van der Waals surface area contributed by atoms with Crippen LogP contribution in [0.15, 0.2) is 0 Å². The van der Waals surface area contributed by atoms with Crippen molar-refractivity contribution in [1.29, 1.82) is 0 Å². The van der Waals surface area contributed by atoms with E-state index in [1.807, 2.05) is 6.92 Å². The van der Waals surface area contributed by atoms with E-state index in [0.717, 1.165) is 37.3 Å². The molecule has 0 bridgehead atoms. The van der Waals surface area contributed by atoms with Gasteiger partial charge in [0.25, 0.3) is 0 Å². The first-order valence-electron chi connectivity index (χ1n) is 7.22. The van der Waals surface area contributed by atoms with E-state index in [0.29, 0.717) is 6.54 Å². The number of nitrogens with one attached hydrogen (secondary N) is 1. The highest BCUT2D eigenvalue weighted by Crippen LogP contribution is 2.15. The highest BCUT2D eigenvalue weighted by Gasteiger charge is 2.29. The van der Waals surface area contributed by atoms with Crippen molar-refractivity contribution in [3.63, 3.8) is 0 Å². The second-order valence-electron chi connectivity index (χ2n) is 5.17. The summed E-state index contributed by atoms with van der Waals surface area (Å²) >= 11 is 0. The first kappa shape index (κ1) is 17.2. The molecule has 1 aliphatic heterocycles. The summed E-state index contributed by atoms with van der Waals surface area (Å²) in [5.74, 6) is -1.88. The van der Waals surface area contributed by atoms with Crippen LogP contribution >= 0.6 is 0 Å². The van der Waals surface area contributed by atoms with Crippen molar-refractivity contribution in [2.45, 2.75) is 32.2 Å². The molecule has 0 unspecified atom stereocenters. The van der Waals surface area contributed by atoms with Gasteiger partial charge in [-0.05, 0) is 32.4 Å². The zero-order valence-corrected chi connectivity index (χ0v) is 12.4. The fraction of sp³-hybridized carbons (Fsp3) is 0.769. The largest absolute Gasteiger partial charge is 0.480 e. The number of piperidine rings is 1. The quantitative estimate of drug-likeness (QED) is 0.583. The normalized spacial score (nSPS) is 15.5. The van der Waals surface area contributed by atoms with Crippen LogP contribution in [-0.2, 0) is 9.59 Å². The Hall–Kier alpha value is -1.83. The molecule has 0 atom stereocenters. The average molecular weight is 300 g/mol. The summed E-state index contributed by atoms with van der Waals surface area (Å²) in [4.78, 5) is 37.2. The fourth-order valence-electron chi connectivity index (χ4n) is 2.52. The smallest absolute Gasteiger partial charge is 0.323 e. The van der Waals surface area contributed by atoms with Gasteiger partial charge in [0.1, 0.15) is 13.1 Å². The van der Waals surface area contributed by atoms with E-state index < -0.39 is 24.5 Å². The maximum atomic E-state index is 12.6. The molecule has 0 aromatic rings. The zero-order valence-electron chi connectivity index (χ0n) is 12.4. The van der Waals surface area contributed by atoms with Gasteiger partial charge in [0.05, 0.1) is 0 Å². The Balaban J connectivity index is 2.82. The molecule has 0 radical (unpaired) electrons. The van der Waals surface area contributed by atoms with Gasteiger partial charge < -0.3 is 26.0 Å². The Morgan fingerprint density at radius 2 is 1.86 bits per heavy atom. The SMILES string of the molecule is CCCN(C(=O)N(CC(N)=O)CC(=O)O)C1CCNCC1. The molecule has 8 heteroatoms. The number of aliphatic carboxylic acids is 1. The summed E-state index contributed by atoms with van der Waals surface area (Å²) in [6.45, 7) is 3.25. The van der Waals surface area contributed by atoms with E-state index in [9.17, 15) is 14.4 Å². The Morgan fingerprint density at radius 3 is 2.33 bits per heavy atom. The molecule has 0 aromatic heterocycles. The van der Waals surface area contributed by atoms with E-state index in [1.165, 1.54) is 0 Å². The predicted octanol–water partition coefficient (Wildman–Crippen LogP) is -0.558. The third-order valence-corrected chi connectivity index (χ3v) is 3.40. The Morgan fingerprint density at radius 1 is 1.24 bits per heavy atom. The number of carboxylic acids is 1. The number of carbonyl (C=O) groups excluding carboxylic acids is 2. The number of nitrogens with two attached hydrogens (primary N) is 1. The molecule has 0 aliphatic carbocycles. The molecule has 1 saturated heterocycles. The summed E-state index contributed by atoms with van der Waals surface area (Å²) in [5, 5.41) is 12.1. The van der Waals surface area contributed by atoms with Gasteiger partial charge in [-0.15, -0.1) is 0 Å². The van der Waals surface area contributed by atoms with Crippen LogP contribution in [0.25, 0.3) is 0 Å². The molecule has 1 aliphatic rings. The van der Waals surface area contributed by atoms with E-state index in [2.05, 4.69) is 5.32 Å². The Bertz CT molecular complexity index is 366. The minimum absolute atomic E-state index is 0.0721. The molecule has 0 spiro atoms. The minimum atomic E-state index is -1.16. The summed E-state index contributed by atoms with van der Waals surface area (Å²) in [7, 11) is 0. The highest BCUT2D eigenvalue weighted by molar-refractivity contribution is 5.86. The molecule has 4 N–H and O–H groups in total. The van der Waals surface area contributed by atoms with Crippen LogP contribution < -0.4 is 11.1 Å². The number of amides is 3. The molecule has 8 nitrogen and oxygen atoms in total. The van der Waals surface area contributed by atoms with E-state index >= 15 is 0 Å². The van der Waals surface area contributed by atoms with Gasteiger partial charge in [-0.1, -0.05) is 6.92 Å². The van der Waals surface area contributed by atoms with Crippen molar-refractivity contribution in [1.82, 2.24) is 15.1 Å². The number of hydrogen-bond donors (Lipinski definition) is 3. The Labute approximate surface area is 124 Å². The number of hydrogen-bond acceptors (Lipinski definition) is 4. The number of rotatable bonds is 7. The van der Waals surface area contributed by atoms with Gasteiger partial charge >= 0.3 is 12.0 Å². The molecule has 1 fully saturated rings. The standard InChI is InChI=1S/C13H24N4O4/c1-2-7-17(10-3-5-15-6-4-10)13(21)16(8-11(14)18)9-12(19)20/h10,15H,2-9H2,1H3,(H2,14,18)(H,19,20). The lowest BCUT2D eigenvalue weighted by atomic mass is 10.0. The minimum Gasteiger partial charge on any atom is -0.480 e. The second-order valence-corrected chi connectivity index (χ2v) is 5.17. The van der Waals surface area contributed by atoms with Gasteiger partial charge in [0.15, 0.2) is 0 Å². The van der Waals surface area contributed by atoms with E-state index in [4.69, 9.17) is 10.8 Å². The monoisotopic (exact) mass is 300 g/mol. The van der Waals surface area contributed by atoms with Gasteiger partial charge in [-0.25, -0.2) is 4.79 Å². The van der Waals surface area contributed by atoms with Crippen molar-refractivity contribution >= 4 is 17.9 Å². The molecule has 0 saturated carbocycles. The Kier molecular flexibility index (Phi) is 6.93. The molecule has 21 heavy (non-hydrogen) atoms. The molecule has 120 valence electrons. The van der Waals surface area contributed by atoms with Gasteiger partial charge in [0, 0.05) is 12.6 Å². The lowest BCUT2D eigenvalue weighted by molar-refractivity contribution is -0.138. The van der Waals surface area contributed by atoms with Crippen molar-refractivity contribution in [2.75, 3.05) is 32.7 Å². The van der Waals surface area contributed by atoms with Crippen LogP contribution in [0.2, 0.25) is 0 Å². The highest BCUT2D eigenvalue weighted by atomic mass is 16.4. The summed E-state index contributed by atoms with van der Waals surface area (Å²) in [5.41, 5.74) is 5.11. The second kappa shape index (κ2) is 8.46. The van der Waals surface area contributed by atoms with Crippen LogP contribution in [-0.4, -0.2) is 71.6 Å². The predicted molar refractivity (Wildman–Crippen MR) is 76.7 cm³/mol. The van der Waals surface area contributed by atoms with Crippen molar-refractivity contribution < 1.29 is 19.5 Å². The third kappa shape index (κ3) is 5.58. The fourth-order valence-corrected chi connectivity index (χ4v) is 2.52. The van der Waals surface area contributed by atoms with Gasteiger partial charge in [-0.2, -0.15) is 0 Å². The van der Waals surface area contributed by atoms with Crippen LogP contribution in [0.3, 0.4) is 0 Å². The van der Waals surface area contributed by atoms with Gasteiger partial charge in [-0.3, -0.25) is 9.59 Å². The van der Waals surface area contributed by atoms with E-state index in [1.54, 1.807) is 4.90 Å². The van der Waals surface area contributed by atoms with Crippen molar-refractivity contribution in [3.8, 4) is 0 Å². The van der Waals surface area contributed by atoms with Crippen LogP contribution in [0.1, 0.15) is 26.2 Å². The zero-order chi connectivity index (χ0) is 15.8. The molecule has 3 amide bonds. The van der Waals surface area contributed by atoms with Gasteiger partial charge in [0.2, 0.25) is 5.91 Å². The number of nitrogens with zero attached hydrogens (tertiary/aromatic N) is 2. The topological polar surface area (TPSA) is 116 Å². The van der Waals surface area contributed by atoms with Crippen molar-refractivity contribution in [2.24, 2.45) is 5.73 Å². The lowest BCUT2D eigenvalue weighted by Crippen LogP contribution is -2.54. The molecular formula is C13H24N4O4. The molecule has 1 heterocycles. The maximum Gasteiger partial charge on any atom is 0.323 e. The number of primary amides is 1. The van der Waals surface area contributed by atoms with E-state index in [-0.39, 0.29) is 12.6 Å². The lowest BCUT2D eigenvalue weighted by Gasteiger charge is -2.37. The molecular weight excluding hydrogens is 276 g/mol. The number of carboxylic acid groups (broad SMARTS) is 1.